The van der Waals surface area contributed by atoms with Crippen LogP contribution in [0.25, 0.3) is 0 Å². The molecule has 0 fully saturated rings. The zero-order chi connectivity index (χ0) is 17.3. The van der Waals surface area contributed by atoms with Crippen molar-refractivity contribution in [3.63, 3.8) is 0 Å². The number of ether oxygens (including phenoxy) is 1. The standard InChI is InChI=1S/C14H14F3NO4S/c1-22-12(19)13(14(15,16)17)9-5-6-10-18(13)23(20,21)11-7-3-2-4-8-11/h2-8H,9-10H2,1H3. The Morgan fingerprint density at radius 2 is 1.83 bits per heavy atom. The SMILES string of the molecule is COC(=O)C1(C(F)(F)F)CC=CCN1S(=O)(=O)c1ccccc1. The summed E-state index contributed by atoms with van der Waals surface area (Å²) in [5.74, 6) is -1.66. The third kappa shape index (κ3) is 2.74. The van der Waals surface area contributed by atoms with Crippen LogP contribution >= 0.6 is 0 Å². The van der Waals surface area contributed by atoms with E-state index in [-0.39, 0.29) is 9.20 Å². The van der Waals surface area contributed by atoms with Crippen molar-refractivity contribution in [2.24, 2.45) is 0 Å². The molecular weight excluding hydrogens is 335 g/mol. The van der Waals surface area contributed by atoms with Gasteiger partial charge in [0, 0.05) is 13.0 Å². The molecule has 1 atom stereocenters. The first-order valence-corrected chi connectivity index (χ1v) is 8.00. The second-order valence-electron chi connectivity index (χ2n) is 4.87. The molecule has 0 N–H and O–H groups in total. The van der Waals surface area contributed by atoms with Crippen LogP contribution in [-0.2, 0) is 19.6 Å². The van der Waals surface area contributed by atoms with Gasteiger partial charge in [0.15, 0.2) is 0 Å². The lowest BCUT2D eigenvalue weighted by Gasteiger charge is -2.42. The fourth-order valence-electron chi connectivity index (χ4n) is 2.43. The number of alkyl halides is 3. The van der Waals surface area contributed by atoms with Crippen molar-refractivity contribution in [2.45, 2.75) is 23.0 Å². The maximum absolute atomic E-state index is 13.7. The van der Waals surface area contributed by atoms with Gasteiger partial charge >= 0.3 is 12.1 Å². The molecule has 126 valence electrons. The summed E-state index contributed by atoms with van der Waals surface area (Å²) >= 11 is 0. The van der Waals surface area contributed by atoms with Gasteiger partial charge in [-0.1, -0.05) is 30.4 Å². The van der Waals surface area contributed by atoms with Crippen molar-refractivity contribution in [2.75, 3.05) is 13.7 Å². The number of sulfonamides is 1. The van der Waals surface area contributed by atoms with Crippen LogP contribution in [0, 0.1) is 0 Å². The molecule has 0 saturated heterocycles. The maximum atomic E-state index is 13.7. The van der Waals surface area contributed by atoms with Gasteiger partial charge < -0.3 is 4.74 Å². The van der Waals surface area contributed by atoms with Gasteiger partial charge in [0.05, 0.1) is 12.0 Å². The number of carbonyl (C=O) groups is 1. The van der Waals surface area contributed by atoms with Crippen molar-refractivity contribution in [1.29, 1.82) is 0 Å². The number of benzene rings is 1. The number of carbonyl (C=O) groups excluding carboxylic acids is 1. The topological polar surface area (TPSA) is 63.7 Å². The van der Waals surface area contributed by atoms with E-state index in [1.165, 1.54) is 36.4 Å². The van der Waals surface area contributed by atoms with E-state index in [9.17, 15) is 26.4 Å². The Labute approximate surface area is 131 Å². The fraction of sp³-hybridized carbons (Fsp3) is 0.357. The average molecular weight is 349 g/mol. The second-order valence-corrected chi connectivity index (χ2v) is 6.74. The Hall–Kier alpha value is -1.87. The Bertz CT molecular complexity index is 715. The molecule has 23 heavy (non-hydrogen) atoms. The smallest absolute Gasteiger partial charge is 0.418 e. The van der Waals surface area contributed by atoms with Gasteiger partial charge in [-0.25, -0.2) is 13.2 Å². The van der Waals surface area contributed by atoms with Crippen LogP contribution in [0.4, 0.5) is 13.2 Å². The van der Waals surface area contributed by atoms with Gasteiger partial charge in [0.25, 0.3) is 0 Å². The molecule has 0 bridgehead atoms. The highest BCUT2D eigenvalue weighted by Gasteiger charge is 2.67. The summed E-state index contributed by atoms with van der Waals surface area (Å²) < 4.78 is 70.8. The quantitative estimate of drug-likeness (QED) is 0.619. The van der Waals surface area contributed by atoms with Gasteiger partial charge in [-0.15, -0.1) is 0 Å². The Morgan fingerprint density at radius 3 is 2.35 bits per heavy atom. The largest absolute Gasteiger partial charge is 0.467 e. The van der Waals surface area contributed by atoms with Gasteiger partial charge in [-0.2, -0.15) is 17.5 Å². The fourth-order valence-corrected chi connectivity index (χ4v) is 4.13. The van der Waals surface area contributed by atoms with E-state index in [1.807, 2.05) is 0 Å². The van der Waals surface area contributed by atoms with E-state index >= 15 is 0 Å². The molecule has 1 unspecified atom stereocenters. The highest BCUT2D eigenvalue weighted by Crippen LogP contribution is 2.44. The predicted molar refractivity (Wildman–Crippen MR) is 74.9 cm³/mol. The van der Waals surface area contributed by atoms with Crippen LogP contribution in [0.2, 0.25) is 0 Å². The molecule has 0 amide bonds. The number of hydrogen-bond acceptors (Lipinski definition) is 4. The number of halogens is 3. The lowest BCUT2D eigenvalue weighted by Crippen LogP contribution is -2.66. The van der Waals surface area contributed by atoms with E-state index in [2.05, 4.69) is 4.74 Å². The summed E-state index contributed by atoms with van der Waals surface area (Å²) in [6, 6.07) is 6.66. The molecule has 1 aliphatic heterocycles. The molecule has 0 aliphatic carbocycles. The first-order chi connectivity index (χ1) is 10.7. The van der Waals surface area contributed by atoms with Gasteiger partial charge in [-0.3, -0.25) is 0 Å². The lowest BCUT2D eigenvalue weighted by molar-refractivity contribution is -0.227. The summed E-state index contributed by atoms with van der Waals surface area (Å²) in [5.41, 5.74) is -3.27. The van der Waals surface area contributed by atoms with Crippen LogP contribution in [0.1, 0.15) is 6.42 Å². The second kappa shape index (κ2) is 5.97. The van der Waals surface area contributed by atoms with Crippen molar-refractivity contribution in [3.05, 3.63) is 42.5 Å². The normalized spacial score (nSPS) is 22.8. The number of nitrogens with zero attached hydrogens (tertiary/aromatic N) is 1. The zero-order valence-electron chi connectivity index (χ0n) is 12.1. The molecule has 1 aromatic carbocycles. The summed E-state index contributed by atoms with van der Waals surface area (Å²) in [6.07, 6.45) is -3.57. The van der Waals surface area contributed by atoms with Gasteiger partial charge in [-0.05, 0) is 12.1 Å². The third-order valence-electron chi connectivity index (χ3n) is 3.60. The predicted octanol–water partition coefficient (Wildman–Crippen LogP) is 2.11. The Morgan fingerprint density at radius 1 is 1.22 bits per heavy atom. The minimum atomic E-state index is -5.13. The van der Waals surface area contributed by atoms with Crippen molar-refractivity contribution in [1.82, 2.24) is 4.31 Å². The third-order valence-corrected chi connectivity index (χ3v) is 5.51. The number of hydrogen-bond donors (Lipinski definition) is 0. The van der Waals surface area contributed by atoms with Crippen molar-refractivity contribution >= 4 is 16.0 Å². The molecule has 1 aromatic rings. The van der Waals surface area contributed by atoms with Crippen LogP contribution < -0.4 is 0 Å². The average Bonchev–Trinajstić information content (AvgIpc) is 2.53. The molecule has 5 nitrogen and oxygen atoms in total. The number of esters is 1. The van der Waals surface area contributed by atoms with Gasteiger partial charge in [0.2, 0.25) is 15.6 Å². The summed E-state index contributed by atoms with van der Waals surface area (Å²) in [4.78, 5) is 11.6. The molecule has 1 heterocycles. The molecule has 0 saturated carbocycles. The summed E-state index contributed by atoms with van der Waals surface area (Å²) in [7, 11) is -3.75. The maximum Gasteiger partial charge on any atom is 0.418 e. The minimum absolute atomic E-state index is 0.154. The van der Waals surface area contributed by atoms with Crippen LogP contribution in [-0.4, -0.2) is 44.1 Å². The van der Waals surface area contributed by atoms with E-state index in [0.29, 0.717) is 0 Å². The molecule has 2 rings (SSSR count). The van der Waals surface area contributed by atoms with E-state index in [4.69, 9.17) is 0 Å². The molecule has 0 aromatic heterocycles. The van der Waals surface area contributed by atoms with Gasteiger partial charge in [0.1, 0.15) is 0 Å². The van der Waals surface area contributed by atoms with Crippen LogP contribution in [0.3, 0.4) is 0 Å². The molecule has 0 radical (unpaired) electrons. The zero-order valence-corrected chi connectivity index (χ0v) is 12.9. The van der Waals surface area contributed by atoms with E-state index < -0.39 is 40.7 Å². The first kappa shape index (κ1) is 17.5. The highest BCUT2D eigenvalue weighted by molar-refractivity contribution is 7.89. The minimum Gasteiger partial charge on any atom is -0.467 e. The van der Waals surface area contributed by atoms with E-state index in [0.717, 1.165) is 13.2 Å². The summed E-state index contributed by atoms with van der Waals surface area (Å²) in [6.45, 7) is -0.578. The highest BCUT2D eigenvalue weighted by atomic mass is 32.2. The molecule has 9 heteroatoms. The Kier molecular flexibility index (Phi) is 4.54. The van der Waals surface area contributed by atoms with Crippen LogP contribution in [0.15, 0.2) is 47.4 Å². The summed E-state index contributed by atoms with van der Waals surface area (Å²) in [5, 5.41) is 0. The number of rotatable bonds is 3. The van der Waals surface area contributed by atoms with Crippen molar-refractivity contribution in [3.8, 4) is 0 Å². The monoisotopic (exact) mass is 349 g/mol. The Balaban J connectivity index is 2.67. The van der Waals surface area contributed by atoms with Crippen LogP contribution in [0.5, 0.6) is 0 Å². The molecule has 1 aliphatic rings. The first-order valence-electron chi connectivity index (χ1n) is 6.56. The van der Waals surface area contributed by atoms with E-state index in [1.54, 1.807) is 0 Å². The molecule has 0 spiro atoms. The number of methoxy groups -OCH3 is 1. The molecular formula is C14H14F3NO4S. The lowest BCUT2D eigenvalue weighted by atomic mass is 9.91. The van der Waals surface area contributed by atoms with Crippen molar-refractivity contribution < 1.29 is 31.1 Å².